The summed E-state index contributed by atoms with van der Waals surface area (Å²) < 4.78 is 0. The molecule has 18 heavy (non-hydrogen) atoms. The summed E-state index contributed by atoms with van der Waals surface area (Å²) in [4.78, 5) is 25.3. The number of nitrogens with two attached hydrogens (primary N) is 1. The first-order valence-electron chi connectivity index (χ1n) is 6.10. The highest BCUT2D eigenvalue weighted by atomic mass is 16.2. The van der Waals surface area contributed by atoms with Crippen molar-refractivity contribution in [3.63, 3.8) is 0 Å². The molecular weight excluding hydrogens is 228 g/mol. The van der Waals surface area contributed by atoms with Crippen molar-refractivity contribution in [1.82, 2.24) is 0 Å². The second kappa shape index (κ2) is 4.44. The molecule has 96 valence electrons. The number of carbonyl (C=O) groups excluding carboxylic acids is 2. The van der Waals surface area contributed by atoms with Gasteiger partial charge in [-0.2, -0.15) is 0 Å². The van der Waals surface area contributed by atoms with E-state index in [1.165, 1.54) is 0 Å². The zero-order valence-electron chi connectivity index (χ0n) is 10.9. The van der Waals surface area contributed by atoms with Gasteiger partial charge in [0.25, 0.3) is 0 Å². The Morgan fingerprint density at radius 3 is 2.33 bits per heavy atom. The molecule has 0 radical (unpaired) electrons. The molecule has 0 spiro atoms. The molecule has 1 heterocycles. The van der Waals surface area contributed by atoms with Gasteiger partial charge in [-0.25, -0.2) is 0 Å². The smallest absolute Gasteiger partial charge is 0.230 e. The fraction of sp³-hybridized carbons (Fsp3) is 0.429. The predicted molar refractivity (Wildman–Crippen MR) is 70.1 cm³/mol. The van der Waals surface area contributed by atoms with Crippen LogP contribution in [0.2, 0.25) is 0 Å². The van der Waals surface area contributed by atoms with Crippen molar-refractivity contribution in [1.29, 1.82) is 0 Å². The summed E-state index contributed by atoms with van der Waals surface area (Å²) in [6.07, 6.45) is 0. The van der Waals surface area contributed by atoms with E-state index >= 15 is 0 Å². The summed E-state index contributed by atoms with van der Waals surface area (Å²) in [7, 11) is 0. The maximum Gasteiger partial charge on any atom is 0.230 e. The lowest BCUT2D eigenvalue weighted by atomic mass is 9.97. The van der Waals surface area contributed by atoms with Gasteiger partial charge in [0.05, 0.1) is 5.92 Å². The van der Waals surface area contributed by atoms with Gasteiger partial charge in [-0.1, -0.05) is 25.1 Å². The summed E-state index contributed by atoms with van der Waals surface area (Å²) in [5.74, 6) is -1.14. The van der Waals surface area contributed by atoms with E-state index < -0.39 is 11.8 Å². The summed E-state index contributed by atoms with van der Waals surface area (Å²) in [6, 6.07) is 5.90. The number of hydrogen-bond acceptors (Lipinski definition) is 2. The van der Waals surface area contributed by atoms with Gasteiger partial charge >= 0.3 is 0 Å². The van der Waals surface area contributed by atoms with Gasteiger partial charge in [0.1, 0.15) is 0 Å². The molecule has 0 aliphatic carbocycles. The summed E-state index contributed by atoms with van der Waals surface area (Å²) in [6.45, 7) is 6.10. The van der Waals surface area contributed by atoms with E-state index in [0.29, 0.717) is 6.54 Å². The van der Waals surface area contributed by atoms with Crippen LogP contribution in [-0.4, -0.2) is 18.4 Å². The number of carbonyl (C=O) groups is 2. The lowest BCUT2D eigenvalue weighted by molar-refractivity contribution is -0.126. The maximum absolute atomic E-state index is 12.2. The molecule has 2 amide bonds. The normalized spacial score (nSPS) is 23.5. The first-order valence-corrected chi connectivity index (χ1v) is 6.10. The zero-order chi connectivity index (χ0) is 13.4. The molecule has 0 bridgehead atoms. The minimum atomic E-state index is -0.399. The second-order valence-electron chi connectivity index (χ2n) is 4.99. The SMILES string of the molecule is Cc1cccc(C)c1N1CC(C(N)=O)C(C)C1=O. The summed E-state index contributed by atoms with van der Waals surface area (Å²) >= 11 is 0. The monoisotopic (exact) mass is 246 g/mol. The van der Waals surface area contributed by atoms with Gasteiger partial charge < -0.3 is 10.6 Å². The van der Waals surface area contributed by atoms with E-state index in [2.05, 4.69) is 0 Å². The summed E-state index contributed by atoms with van der Waals surface area (Å²) in [5, 5.41) is 0. The van der Waals surface area contributed by atoms with Crippen molar-refractivity contribution in [3.8, 4) is 0 Å². The Hall–Kier alpha value is -1.84. The molecule has 2 N–H and O–H groups in total. The Balaban J connectivity index is 2.41. The molecule has 1 aliphatic rings. The van der Waals surface area contributed by atoms with Crippen LogP contribution >= 0.6 is 0 Å². The van der Waals surface area contributed by atoms with Crippen molar-refractivity contribution in [3.05, 3.63) is 29.3 Å². The minimum Gasteiger partial charge on any atom is -0.369 e. The highest BCUT2D eigenvalue weighted by Crippen LogP contribution is 2.33. The fourth-order valence-electron chi connectivity index (χ4n) is 2.63. The first kappa shape index (κ1) is 12.6. The van der Waals surface area contributed by atoms with Gasteiger partial charge in [-0.3, -0.25) is 9.59 Å². The molecule has 4 nitrogen and oxygen atoms in total. The number of anilines is 1. The van der Waals surface area contributed by atoms with Crippen LogP contribution < -0.4 is 10.6 Å². The van der Waals surface area contributed by atoms with Crippen molar-refractivity contribution in [2.24, 2.45) is 17.6 Å². The highest BCUT2D eigenvalue weighted by molar-refractivity contribution is 6.02. The fourth-order valence-corrected chi connectivity index (χ4v) is 2.63. The van der Waals surface area contributed by atoms with E-state index in [4.69, 9.17) is 5.73 Å². The third-order valence-corrected chi connectivity index (χ3v) is 3.71. The molecule has 1 saturated heterocycles. The number of hydrogen-bond donors (Lipinski definition) is 1. The van der Waals surface area contributed by atoms with Crippen LogP contribution in [0, 0.1) is 25.7 Å². The second-order valence-corrected chi connectivity index (χ2v) is 4.99. The maximum atomic E-state index is 12.2. The number of primary amides is 1. The predicted octanol–water partition coefficient (Wildman–Crippen LogP) is 1.39. The van der Waals surface area contributed by atoms with Crippen molar-refractivity contribution in [2.75, 3.05) is 11.4 Å². The molecule has 1 aliphatic heterocycles. The Morgan fingerprint density at radius 1 is 1.33 bits per heavy atom. The Morgan fingerprint density at radius 2 is 1.89 bits per heavy atom. The Bertz CT molecular complexity index is 490. The highest BCUT2D eigenvalue weighted by Gasteiger charge is 2.41. The van der Waals surface area contributed by atoms with E-state index in [1.54, 1.807) is 11.8 Å². The molecule has 0 saturated carbocycles. The van der Waals surface area contributed by atoms with Crippen LogP contribution in [0.25, 0.3) is 0 Å². The topological polar surface area (TPSA) is 63.4 Å². The standard InChI is InChI=1S/C14H18N2O2/c1-8-5-4-6-9(2)12(8)16-7-11(13(15)17)10(3)14(16)18/h4-6,10-11H,7H2,1-3H3,(H2,15,17). The van der Waals surface area contributed by atoms with Gasteiger partial charge in [0, 0.05) is 18.2 Å². The lowest BCUT2D eigenvalue weighted by Gasteiger charge is -2.21. The average Bonchev–Trinajstić information content (AvgIpc) is 2.57. The molecule has 2 atom stereocenters. The summed E-state index contributed by atoms with van der Waals surface area (Å²) in [5.41, 5.74) is 8.35. The quantitative estimate of drug-likeness (QED) is 0.857. The van der Waals surface area contributed by atoms with Crippen LogP contribution in [0.5, 0.6) is 0 Å². The van der Waals surface area contributed by atoms with Gasteiger partial charge in [0.2, 0.25) is 11.8 Å². The van der Waals surface area contributed by atoms with Crippen LogP contribution in [-0.2, 0) is 9.59 Å². The first-order chi connectivity index (χ1) is 8.43. The number of rotatable bonds is 2. The number of benzene rings is 1. The number of aryl methyl sites for hydroxylation is 2. The molecule has 1 aromatic carbocycles. The van der Waals surface area contributed by atoms with Crippen molar-refractivity contribution >= 4 is 17.5 Å². The molecule has 4 heteroatoms. The molecule has 0 aromatic heterocycles. The van der Waals surface area contributed by atoms with Crippen LogP contribution in [0.3, 0.4) is 0 Å². The van der Waals surface area contributed by atoms with Gasteiger partial charge in [-0.05, 0) is 25.0 Å². The van der Waals surface area contributed by atoms with Crippen LogP contribution in [0.15, 0.2) is 18.2 Å². The van der Waals surface area contributed by atoms with Crippen molar-refractivity contribution in [2.45, 2.75) is 20.8 Å². The Labute approximate surface area is 107 Å². The molecule has 1 aromatic rings. The largest absolute Gasteiger partial charge is 0.369 e. The minimum absolute atomic E-state index is 0.0174. The number of para-hydroxylation sites is 1. The zero-order valence-corrected chi connectivity index (χ0v) is 10.9. The van der Waals surface area contributed by atoms with Crippen molar-refractivity contribution < 1.29 is 9.59 Å². The third kappa shape index (κ3) is 1.88. The molecule has 1 fully saturated rings. The number of amides is 2. The average molecular weight is 246 g/mol. The van der Waals surface area contributed by atoms with Crippen LogP contribution in [0.1, 0.15) is 18.1 Å². The van der Waals surface area contributed by atoms with E-state index in [-0.39, 0.29) is 11.8 Å². The Kier molecular flexibility index (Phi) is 3.11. The van der Waals surface area contributed by atoms with Crippen LogP contribution in [0.4, 0.5) is 5.69 Å². The van der Waals surface area contributed by atoms with E-state index in [1.807, 2.05) is 32.0 Å². The van der Waals surface area contributed by atoms with Gasteiger partial charge in [-0.15, -0.1) is 0 Å². The molecule has 2 rings (SSSR count). The molecule has 2 unspecified atom stereocenters. The lowest BCUT2D eigenvalue weighted by Crippen LogP contribution is -2.29. The van der Waals surface area contributed by atoms with E-state index in [9.17, 15) is 9.59 Å². The van der Waals surface area contributed by atoms with E-state index in [0.717, 1.165) is 16.8 Å². The molecular formula is C14H18N2O2. The number of nitrogens with zero attached hydrogens (tertiary/aromatic N) is 1. The third-order valence-electron chi connectivity index (χ3n) is 3.71. The van der Waals surface area contributed by atoms with Gasteiger partial charge in [0.15, 0.2) is 0 Å².